The number of hydrogen-bond acceptors (Lipinski definition) is 2. The molecular formula is C12H21NO3. The third kappa shape index (κ3) is 2.20. The van der Waals surface area contributed by atoms with E-state index < -0.39 is 11.4 Å². The summed E-state index contributed by atoms with van der Waals surface area (Å²) < 4.78 is 0. The first-order chi connectivity index (χ1) is 7.46. The van der Waals surface area contributed by atoms with Gasteiger partial charge in [0.25, 0.3) is 0 Å². The van der Waals surface area contributed by atoms with Gasteiger partial charge >= 0.3 is 5.97 Å². The summed E-state index contributed by atoms with van der Waals surface area (Å²) in [6, 6.07) is 0. The van der Waals surface area contributed by atoms with E-state index in [-0.39, 0.29) is 11.8 Å². The lowest BCUT2D eigenvalue weighted by Crippen LogP contribution is -2.38. The van der Waals surface area contributed by atoms with E-state index in [0.29, 0.717) is 25.9 Å². The predicted molar refractivity (Wildman–Crippen MR) is 61.0 cm³/mol. The Labute approximate surface area is 96.6 Å². The number of nitrogens with zero attached hydrogens (tertiary/aromatic N) is 1. The molecule has 1 aliphatic rings. The van der Waals surface area contributed by atoms with E-state index in [1.54, 1.807) is 4.90 Å². The molecule has 1 aliphatic heterocycles. The molecule has 0 saturated carbocycles. The van der Waals surface area contributed by atoms with Crippen LogP contribution in [0.25, 0.3) is 0 Å². The zero-order chi connectivity index (χ0) is 12.3. The van der Waals surface area contributed by atoms with Crippen LogP contribution in [0.5, 0.6) is 0 Å². The number of aliphatic carboxylic acids is 1. The number of carbonyl (C=O) groups excluding carboxylic acids is 1. The molecule has 2 atom stereocenters. The Hall–Kier alpha value is -1.06. The molecular weight excluding hydrogens is 206 g/mol. The highest BCUT2D eigenvalue weighted by molar-refractivity contribution is 5.81. The average Bonchev–Trinajstić information content (AvgIpc) is 2.72. The van der Waals surface area contributed by atoms with Crippen molar-refractivity contribution >= 4 is 11.9 Å². The first kappa shape index (κ1) is 13.0. The molecule has 1 N–H and O–H groups in total. The molecule has 4 heteroatoms. The van der Waals surface area contributed by atoms with Crippen LogP contribution in [0.15, 0.2) is 0 Å². The topological polar surface area (TPSA) is 57.6 Å². The largest absolute Gasteiger partial charge is 0.481 e. The number of carboxylic acids is 1. The molecule has 92 valence electrons. The standard InChI is InChI=1S/C12H21NO3/c1-4-9(3)10(14)13-7-6-12(5-2,8-13)11(15)16/h9H,4-8H2,1-3H3,(H,15,16). The number of amides is 1. The van der Waals surface area contributed by atoms with Crippen molar-refractivity contribution in [1.82, 2.24) is 4.90 Å². The van der Waals surface area contributed by atoms with Crippen LogP contribution >= 0.6 is 0 Å². The zero-order valence-electron chi connectivity index (χ0n) is 10.3. The second-order valence-electron chi connectivity index (χ2n) is 4.76. The normalized spacial score (nSPS) is 26.8. The Morgan fingerprint density at radius 3 is 2.44 bits per heavy atom. The van der Waals surface area contributed by atoms with Crippen LogP contribution < -0.4 is 0 Å². The van der Waals surface area contributed by atoms with E-state index in [9.17, 15) is 14.7 Å². The minimum Gasteiger partial charge on any atom is -0.481 e. The fourth-order valence-electron chi connectivity index (χ4n) is 2.16. The SMILES string of the molecule is CCC(C)C(=O)N1CCC(CC)(C(=O)O)C1. The van der Waals surface area contributed by atoms with E-state index in [0.717, 1.165) is 6.42 Å². The average molecular weight is 227 g/mol. The lowest BCUT2D eigenvalue weighted by Gasteiger charge is -2.24. The smallest absolute Gasteiger partial charge is 0.311 e. The molecule has 1 rings (SSSR count). The second kappa shape index (κ2) is 4.85. The van der Waals surface area contributed by atoms with Gasteiger partial charge in [0.05, 0.1) is 5.41 Å². The van der Waals surface area contributed by atoms with Crippen molar-refractivity contribution in [1.29, 1.82) is 0 Å². The quantitative estimate of drug-likeness (QED) is 0.796. The van der Waals surface area contributed by atoms with Crippen molar-refractivity contribution in [2.45, 2.75) is 40.0 Å². The van der Waals surface area contributed by atoms with E-state index in [4.69, 9.17) is 0 Å². The fourth-order valence-corrected chi connectivity index (χ4v) is 2.16. The van der Waals surface area contributed by atoms with Gasteiger partial charge < -0.3 is 10.0 Å². The van der Waals surface area contributed by atoms with Gasteiger partial charge in [-0.25, -0.2) is 0 Å². The summed E-state index contributed by atoms with van der Waals surface area (Å²) in [5.74, 6) is -0.671. The van der Waals surface area contributed by atoms with Crippen molar-refractivity contribution < 1.29 is 14.7 Å². The molecule has 0 bridgehead atoms. The van der Waals surface area contributed by atoms with Crippen molar-refractivity contribution in [3.63, 3.8) is 0 Å². The van der Waals surface area contributed by atoms with Gasteiger partial charge in [0.15, 0.2) is 0 Å². The molecule has 0 radical (unpaired) electrons. The van der Waals surface area contributed by atoms with Crippen LogP contribution in [-0.2, 0) is 9.59 Å². The predicted octanol–water partition coefficient (Wildman–Crippen LogP) is 1.75. The van der Waals surface area contributed by atoms with Crippen LogP contribution in [0.1, 0.15) is 40.0 Å². The monoisotopic (exact) mass is 227 g/mol. The summed E-state index contributed by atoms with van der Waals surface area (Å²) in [5.41, 5.74) is -0.705. The van der Waals surface area contributed by atoms with Crippen LogP contribution in [0.3, 0.4) is 0 Å². The van der Waals surface area contributed by atoms with Crippen molar-refractivity contribution in [3.8, 4) is 0 Å². The summed E-state index contributed by atoms with van der Waals surface area (Å²) in [5, 5.41) is 9.22. The Kier molecular flexibility index (Phi) is 3.94. The molecule has 1 fully saturated rings. The number of carbonyl (C=O) groups is 2. The highest BCUT2D eigenvalue weighted by atomic mass is 16.4. The lowest BCUT2D eigenvalue weighted by molar-refractivity contribution is -0.148. The highest BCUT2D eigenvalue weighted by Crippen LogP contribution is 2.34. The minimum atomic E-state index is -0.769. The molecule has 0 aromatic carbocycles. The van der Waals surface area contributed by atoms with Gasteiger partial charge in [-0.3, -0.25) is 9.59 Å². The molecule has 16 heavy (non-hydrogen) atoms. The molecule has 2 unspecified atom stereocenters. The molecule has 1 heterocycles. The summed E-state index contributed by atoms with van der Waals surface area (Å²) in [6.07, 6.45) is 1.98. The molecule has 0 aromatic rings. The molecule has 0 spiro atoms. The van der Waals surface area contributed by atoms with Crippen LogP contribution in [-0.4, -0.2) is 35.0 Å². The maximum atomic E-state index is 11.9. The van der Waals surface area contributed by atoms with Gasteiger partial charge in [-0.2, -0.15) is 0 Å². The van der Waals surface area contributed by atoms with Crippen LogP contribution in [0.2, 0.25) is 0 Å². The van der Waals surface area contributed by atoms with Crippen molar-refractivity contribution in [2.24, 2.45) is 11.3 Å². The number of carboxylic acid groups (broad SMARTS) is 1. The Bertz CT molecular complexity index is 290. The third-order valence-corrected chi connectivity index (χ3v) is 3.83. The zero-order valence-corrected chi connectivity index (χ0v) is 10.3. The Morgan fingerprint density at radius 2 is 2.06 bits per heavy atom. The maximum absolute atomic E-state index is 11.9. The van der Waals surface area contributed by atoms with Crippen LogP contribution in [0.4, 0.5) is 0 Å². The lowest BCUT2D eigenvalue weighted by atomic mass is 9.84. The summed E-state index contributed by atoms with van der Waals surface area (Å²) in [6.45, 7) is 6.72. The molecule has 0 aromatic heterocycles. The van der Waals surface area contributed by atoms with Gasteiger partial charge in [-0.15, -0.1) is 0 Å². The Morgan fingerprint density at radius 1 is 1.44 bits per heavy atom. The molecule has 4 nitrogen and oxygen atoms in total. The molecule has 1 saturated heterocycles. The summed E-state index contributed by atoms with van der Waals surface area (Å²) in [4.78, 5) is 24.9. The summed E-state index contributed by atoms with van der Waals surface area (Å²) in [7, 11) is 0. The van der Waals surface area contributed by atoms with Gasteiger partial charge in [0.2, 0.25) is 5.91 Å². The Balaban J connectivity index is 2.71. The van der Waals surface area contributed by atoms with Crippen LogP contribution in [0, 0.1) is 11.3 Å². The van der Waals surface area contributed by atoms with Gasteiger partial charge in [-0.05, 0) is 19.3 Å². The second-order valence-corrected chi connectivity index (χ2v) is 4.76. The number of rotatable bonds is 4. The van der Waals surface area contributed by atoms with Gasteiger partial charge in [0, 0.05) is 19.0 Å². The highest BCUT2D eigenvalue weighted by Gasteiger charge is 2.45. The fraction of sp³-hybridized carbons (Fsp3) is 0.833. The van der Waals surface area contributed by atoms with E-state index in [1.165, 1.54) is 0 Å². The first-order valence-corrected chi connectivity index (χ1v) is 5.99. The van der Waals surface area contributed by atoms with Crippen molar-refractivity contribution in [2.75, 3.05) is 13.1 Å². The van der Waals surface area contributed by atoms with E-state index in [2.05, 4.69) is 0 Å². The molecule has 1 amide bonds. The van der Waals surface area contributed by atoms with Gasteiger partial charge in [-0.1, -0.05) is 20.8 Å². The third-order valence-electron chi connectivity index (χ3n) is 3.83. The first-order valence-electron chi connectivity index (χ1n) is 5.99. The number of hydrogen-bond donors (Lipinski definition) is 1. The minimum absolute atomic E-state index is 0.00134. The number of likely N-dealkylation sites (tertiary alicyclic amines) is 1. The summed E-state index contributed by atoms with van der Waals surface area (Å²) >= 11 is 0. The van der Waals surface area contributed by atoms with Gasteiger partial charge in [0.1, 0.15) is 0 Å². The maximum Gasteiger partial charge on any atom is 0.311 e. The van der Waals surface area contributed by atoms with Crippen molar-refractivity contribution in [3.05, 3.63) is 0 Å². The molecule has 0 aliphatic carbocycles. The van der Waals surface area contributed by atoms with E-state index >= 15 is 0 Å². The van der Waals surface area contributed by atoms with E-state index in [1.807, 2.05) is 20.8 Å².